The Morgan fingerprint density at radius 2 is 2.11 bits per heavy atom. The summed E-state index contributed by atoms with van der Waals surface area (Å²) in [5.41, 5.74) is 8.59. The van der Waals surface area contributed by atoms with Crippen molar-refractivity contribution in [3.63, 3.8) is 0 Å². The van der Waals surface area contributed by atoms with Crippen LogP contribution in [0.25, 0.3) is 17.1 Å². The van der Waals surface area contributed by atoms with Crippen molar-refractivity contribution in [2.75, 3.05) is 5.73 Å². The lowest BCUT2D eigenvalue weighted by Crippen LogP contribution is -1.95. The highest BCUT2D eigenvalue weighted by Gasteiger charge is 2.10. The van der Waals surface area contributed by atoms with E-state index in [1.807, 2.05) is 24.3 Å². The molecule has 3 aromatic rings. The second-order valence-corrected chi connectivity index (χ2v) is 4.38. The molecule has 0 aliphatic rings. The van der Waals surface area contributed by atoms with E-state index in [0.29, 0.717) is 22.1 Å². The smallest absolute Gasteiger partial charge is 0.136 e. The maximum Gasteiger partial charge on any atom is 0.136 e. The van der Waals surface area contributed by atoms with Gasteiger partial charge < -0.3 is 5.73 Å². The molecule has 0 unspecified atom stereocenters. The Hall–Kier alpha value is -2.40. The van der Waals surface area contributed by atoms with Crippen LogP contribution in [0.3, 0.4) is 0 Å². The molecular weight excluding hydrogens is 262 g/mol. The van der Waals surface area contributed by atoms with Crippen molar-refractivity contribution < 1.29 is 0 Å². The summed E-state index contributed by atoms with van der Waals surface area (Å²) < 4.78 is 1.67. The zero-order chi connectivity index (χ0) is 13.2. The molecule has 0 amide bonds. The normalized spacial score (nSPS) is 10.6. The molecule has 2 heterocycles. The quantitative estimate of drug-likeness (QED) is 0.778. The van der Waals surface area contributed by atoms with Crippen molar-refractivity contribution in [1.29, 1.82) is 0 Å². The van der Waals surface area contributed by atoms with Gasteiger partial charge in [0.25, 0.3) is 0 Å². The Bertz CT molecular complexity index is 708. The molecule has 3 rings (SSSR count). The van der Waals surface area contributed by atoms with Gasteiger partial charge in [-0.15, -0.1) is 0 Å². The Morgan fingerprint density at radius 3 is 2.84 bits per heavy atom. The zero-order valence-electron chi connectivity index (χ0n) is 9.86. The average molecular weight is 272 g/mol. The molecule has 0 fully saturated rings. The van der Waals surface area contributed by atoms with E-state index < -0.39 is 0 Å². The Kier molecular flexibility index (Phi) is 2.89. The highest BCUT2D eigenvalue weighted by atomic mass is 35.5. The maximum atomic E-state index is 5.96. The number of nitrogens with zero attached hydrogens (tertiary/aromatic N) is 4. The molecular formula is C13H10ClN5. The molecule has 0 radical (unpaired) electrons. The number of halogens is 1. The van der Waals surface area contributed by atoms with E-state index >= 15 is 0 Å². The number of hydrogen-bond acceptors (Lipinski definition) is 4. The van der Waals surface area contributed by atoms with Crippen molar-refractivity contribution in [2.24, 2.45) is 0 Å². The second kappa shape index (κ2) is 4.70. The minimum atomic E-state index is 0.542. The summed E-state index contributed by atoms with van der Waals surface area (Å²) in [6, 6.07) is 7.38. The summed E-state index contributed by atoms with van der Waals surface area (Å²) in [5, 5.41) is 5.07. The molecule has 2 N–H and O–H groups in total. The van der Waals surface area contributed by atoms with Crippen LogP contribution in [0.5, 0.6) is 0 Å². The first kappa shape index (κ1) is 11.7. The first-order chi connectivity index (χ1) is 9.24. The standard InChI is InChI=1S/C13H10ClN5/c14-9-2-1-3-10(6-9)19-8-11(15)13(18-19)12-7-16-4-5-17-12/h1-8H,15H2. The van der Waals surface area contributed by atoms with E-state index in [0.717, 1.165) is 5.69 Å². The Morgan fingerprint density at radius 1 is 1.21 bits per heavy atom. The van der Waals surface area contributed by atoms with Gasteiger partial charge in [0.1, 0.15) is 11.4 Å². The minimum Gasteiger partial charge on any atom is -0.396 e. The largest absolute Gasteiger partial charge is 0.396 e. The van der Waals surface area contributed by atoms with E-state index in [1.165, 1.54) is 0 Å². The Balaban J connectivity index is 2.07. The molecule has 0 aliphatic carbocycles. The summed E-state index contributed by atoms with van der Waals surface area (Å²) in [4.78, 5) is 8.20. The highest BCUT2D eigenvalue weighted by Crippen LogP contribution is 2.23. The number of benzene rings is 1. The van der Waals surface area contributed by atoms with E-state index in [2.05, 4.69) is 15.1 Å². The molecule has 5 nitrogen and oxygen atoms in total. The molecule has 2 aromatic heterocycles. The summed E-state index contributed by atoms with van der Waals surface area (Å²) >= 11 is 5.96. The predicted molar refractivity (Wildman–Crippen MR) is 74.0 cm³/mol. The van der Waals surface area contributed by atoms with Gasteiger partial charge in [0.15, 0.2) is 0 Å². The molecule has 0 saturated heterocycles. The number of nitrogen functional groups attached to an aromatic ring is 1. The number of nitrogens with two attached hydrogens (primary N) is 1. The average Bonchev–Trinajstić information content (AvgIpc) is 2.82. The van der Waals surface area contributed by atoms with Gasteiger partial charge in [-0.2, -0.15) is 5.10 Å². The van der Waals surface area contributed by atoms with E-state index in [4.69, 9.17) is 17.3 Å². The van der Waals surface area contributed by atoms with Gasteiger partial charge in [-0.25, -0.2) is 4.68 Å². The fourth-order valence-electron chi connectivity index (χ4n) is 1.76. The van der Waals surface area contributed by atoms with Gasteiger partial charge in [-0.3, -0.25) is 9.97 Å². The number of rotatable bonds is 2. The number of anilines is 1. The van der Waals surface area contributed by atoms with Gasteiger partial charge in [-0.1, -0.05) is 17.7 Å². The van der Waals surface area contributed by atoms with Crippen molar-refractivity contribution in [3.8, 4) is 17.1 Å². The number of aromatic nitrogens is 4. The van der Waals surface area contributed by atoms with Gasteiger partial charge in [0.05, 0.1) is 23.8 Å². The zero-order valence-corrected chi connectivity index (χ0v) is 10.6. The monoisotopic (exact) mass is 271 g/mol. The second-order valence-electron chi connectivity index (χ2n) is 3.95. The minimum absolute atomic E-state index is 0.542. The SMILES string of the molecule is Nc1cn(-c2cccc(Cl)c2)nc1-c1cnccn1. The summed E-state index contributed by atoms with van der Waals surface area (Å²) in [7, 11) is 0. The molecule has 6 heteroatoms. The molecule has 0 bridgehead atoms. The third kappa shape index (κ3) is 2.28. The van der Waals surface area contributed by atoms with Crippen molar-refractivity contribution >= 4 is 17.3 Å². The fourth-order valence-corrected chi connectivity index (χ4v) is 1.94. The van der Waals surface area contributed by atoms with Gasteiger partial charge >= 0.3 is 0 Å². The summed E-state index contributed by atoms with van der Waals surface area (Å²) in [6.45, 7) is 0. The van der Waals surface area contributed by atoms with Crippen LogP contribution >= 0.6 is 11.6 Å². The molecule has 0 atom stereocenters. The van der Waals surface area contributed by atoms with Crippen LogP contribution in [0, 0.1) is 0 Å². The van der Waals surface area contributed by atoms with Gasteiger partial charge in [-0.05, 0) is 18.2 Å². The summed E-state index contributed by atoms with van der Waals surface area (Å²) in [5.74, 6) is 0. The lowest BCUT2D eigenvalue weighted by atomic mass is 10.3. The van der Waals surface area contributed by atoms with E-state index in [1.54, 1.807) is 29.5 Å². The van der Waals surface area contributed by atoms with Crippen LogP contribution in [0.2, 0.25) is 5.02 Å². The fraction of sp³-hybridized carbons (Fsp3) is 0. The molecule has 0 saturated carbocycles. The maximum absolute atomic E-state index is 5.96. The van der Waals surface area contributed by atoms with Crippen LogP contribution in [0.4, 0.5) is 5.69 Å². The van der Waals surface area contributed by atoms with Crippen LogP contribution in [-0.2, 0) is 0 Å². The van der Waals surface area contributed by atoms with Crippen LogP contribution in [-0.4, -0.2) is 19.7 Å². The lowest BCUT2D eigenvalue weighted by molar-refractivity contribution is 0.882. The first-order valence-electron chi connectivity index (χ1n) is 5.61. The molecule has 94 valence electrons. The van der Waals surface area contributed by atoms with Crippen molar-refractivity contribution in [1.82, 2.24) is 19.7 Å². The van der Waals surface area contributed by atoms with Crippen molar-refractivity contribution in [2.45, 2.75) is 0 Å². The number of hydrogen-bond donors (Lipinski definition) is 1. The molecule has 1 aromatic carbocycles. The van der Waals surface area contributed by atoms with Gasteiger partial charge in [0, 0.05) is 17.4 Å². The first-order valence-corrected chi connectivity index (χ1v) is 5.99. The highest BCUT2D eigenvalue weighted by molar-refractivity contribution is 6.30. The Labute approximate surface area is 114 Å². The molecule has 0 aliphatic heterocycles. The van der Waals surface area contributed by atoms with Crippen LogP contribution in [0.15, 0.2) is 49.1 Å². The molecule has 19 heavy (non-hydrogen) atoms. The van der Waals surface area contributed by atoms with E-state index in [9.17, 15) is 0 Å². The van der Waals surface area contributed by atoms with Gasteiger partial charge in [0.2, 0.25) is 0 Å². The van der Waals surface area contributed by atoms with Crippen LogP contribution < -0.4 is 5.73 Å². The topological polar surface area (TPSA) is 69.6 Å². The third-order valence-electron chi connectivity index (χ3n) is 2.62. The van der Waals surface area contributed by atoms with Crippen LogP contribution in [0.1, 0.15) is 0 Å². The lowest BCUT2D eigenvalue weighted by Gasteiger charge is -2.00. The van der Waals surface area contributed by atoms with E-state index in [-0.39, 0.29) is 0 Å². The molecule has 0 spiro atoms. The van der Waals surface area contributed by atoms with Crippen molar-refractivity contribution in [3.05, 3.63) is 54.1 Å². The predicted octanol–water partition coefficient (Wildman–Crippen LogP) is 2.56. The summed E-state index contributed by atoms with van der Waals surface area (Å²) in [6.07, 6.45) is 6.57. The third-order valence-corrected chi connectivity index (χ3v) is 2.86.